The van der Waals surface area contributed by atoms with Gasteiger partial charge in [-0.15, -0.1) is 0 Å². The summed E-state index contributed by atoms with van der Waals surface area (Å²) in [7, 11) is 0. The van der Waals surface area contributed by atoms with Gasteiger partial charge in [-0.25, -0.2) is 14.6 Å². The van der Waals surface area contributed by atoms with Gasteiger partial charge in [0.25, 0.3) is 0 Å². The molecule has 0 radical (unpaired) electrons. The van der Waals surface area contributed by atoms with E-state index in [0.29, 0.717) is 23.1 Å². The summed E-state index contributed by atoms with van der Waals surface area (Å²) in [6, 6.07) is -2.56. The number of carbonyl (C=O) groups excluding carboxylic acids is 14. The quantitative estimate of drug-likeness (QED) is 0.0239. The van der Waals surface area contributed by atoms with Crippen LogP contribution in [0.1, 0.15) is 162 Å². The normalized spacial score (nSPS) is 14.7. The number of nitrogens with one attached hydrogen (secondary N) is 16. The molecule has 0 spiro atoms. The first-order valence-electron chi connectivity index (χ1n) is 43.4. The molecule has 0 saturated carbocycles. The molecule has 2 heterocycles. The van der Waals surface area contributed by atoms with Gasteiger partial charge in [0.15, 0.2) is 0 Å². The largest absolute Gasteiger partial charge is 0.508 e. The molecule has 0 aliphatic heterocycles. The van der Waals surface area contributed by atoms with Gasteiger partial charge < -0.3 is 125 Å². The number of fused-ring (bicyclic) bond motifs is 1. The third-order valence-corrected chi connectivity index (χ3v) is 21.3. The molecule has 137 heavy (non-hydrogen) atoms. The number of carboxylic acids is 7. The van der Waals surface area contributed by atoms with Gasteiger partial charge in [0.2, 0.25) is 82.7 Å². The van der Waals surface area contributed by atoms with E-state index in [1.807, 2.05) is 5.32 Å². The van der Waals surface area contributed by atoms with Crippen molar-refractivity contribution >= 4 is 135 Å². The summed E-state index contributed by atoms with van der Waals surface area (Å²) in [4.78, 5) is 289. The van der Waals surface area contributed by atoms with Crippen molar-refractivity contribution in [2.75, 3.05) is 0 Å². The van der Waals surface area contributed by atoms with Crippen LogP contribution in [0.15, 0.2) is 97.6 Å². The van der Waals surface area contributed by atoms with Gasteiger partial charge in [-0.2, -0.15) is 13.2 Å². The second kappa shape index (κ2) is 55.5. The van der Waals surface area contributed by atoms with Gasteiger partial charge >= 0.3 is 48.0 Å². The van der Waals surface area contributed by atoms with E-state index in [0.717, 1.165) is 17.8 Å². The number of alkyl halides is 3. The Bertz CT molecular complexity index is 5060. The molecule has 5 aromatic rings. The summed E-state index contributed by atoms with van der Waals surface area (Å²) >= 11 is 0. The number of phenols is 1. The number of hydrogen-bond acceptors (Lipinski definition) is 23. The number of para-hydroxylation sites is 1. The monoisotopic (exact) mass is 1930 g/mol. The molecule has 5 rings (SSSR count). The van der Waals surface area contributed by atoms with Gasteiger partial charge in [-0.3, -0.25) is 91.1 Å². The Balaban J connectivity index is 0.00000537. The van der Waals surface area contributed by atoms with Gasteiger partial charge in [-0.1, -0.05) is 129 Å². The lowest BCUT2D eigenvalue weighted by Gasteiger charge is -2.31. The van der Waals surface area contributed by atoms with Crippen molar-refractivity contribution in [3.8, 4) is 5.75 Å². The van der Waals surface area contributed by atoms with E-state index in [2.05, 4.69) is 84.1 Å². The van der Waals surface area contributed by atoms with Gasteiger partial charge in [-0.05, 0) is 91.7 Å². The number of aromatic hydroxyl groups is 1. The number of aliphatic carboxylic acids is 7. The predicted octanol–water partition coefficient (Wildman–Crippen LogP) is -0.250. The Labute approximate surface area is 782 Å². The number of carboxylic acid groups (broad SMARTS) is 7. The van der Waals surface area contributed by atoms with E-state index in [1.54, 1.807) is 102 Å². The van der Waals surface area contributed by atoms with Gasteiger partial charge in [0.05, 0.1) is 25.6 Å². The number of carbonyl (C=O) groups is 21. The molecule has 0 aliphatic carbocycles. The van der Waals surface area contributed by atoms with Crippen LogP contribution in [0.4, 0.5) is 13.2 Å². The van der Waals surface area contributed by atoms with Crippen LogP contribution in [0.2, 0.25) is 0 Å². The summed E-state index contributed by atoms with van der Waals surface area (Å²) in [5, 5.41) is 110. The molecule has 14 amide bonds. The molecular formula is C88H118F3N17O29. The maximum absolute atomic E-state index is 15.0. The Hall–Kier alpha value is -15.1. The highest BCUT2D eigenvalue weighted by Crippen LogP contribution is 2.23. The third-order valence-electron chi connectivity index (χ3n) is 21.3. The Morgan fingerprint density at radius 1 is 0.372 bits per heavy atom. The van der Waals surface area contributed by atoms with Crippen LogP contribution in [-0.2, 0) is 126 Å². The van der Waals surface area contributed by atoms with Crippen LogP contribution in [-0.4, -0.2) is 271 Å². The van der Waals surface area contributed by atoms with E-state index in [1.165, 1.54) is 57.6 Å². The van der Waals surface area contributed by atoms with Crippen molar-refractivity contribution in [1.82, 2.24) is 89.4 Å². The standard InChI is InChI=1S/C86H117N17O27.C2HF3O2/c1-11-44(7)71(84(127)100-63(86(129)130)35-50-39-88-54-21-17-16-20-53(50)54)103-85(128)72(45(8)12-2)102-82(125)62(38-69(114)115)98-78(121)57(32-42(3)4)96-80(123)60(36-51-40-87-41-89-51)95-73(116)46(9)91-77(120)58(33-48-18-14-13-15-19-48)97-79(122)59(34-49-22-24-52(104)25-23-49)99-83(126)70(43(5)6)101-74(117)47(10)90-75(118)55(26-29-65(106)107)93-76(119)56(27-30-66(108)109)94-81(124)61(37-68(112)113)92-64(105)28-31-67(110)111;3-2(4,5)1(6)7/h13-25,39-47,55-63,70-72,88,104H,11-12,26-38H2,1-10H3,(H,87,89)(H,90,118)(H,91,120)(H,92,105)(H,93,119)(H,94,124)(H,95,116)(H,96,123)(H,97,122)(H,98,121)(H,99,126)(H,100,127)(H,101,117)(H,102,125)(H,103,128)(H,106,107)(H,108,109)(H,110,111)(H,112,113)(H,114,115)(H,129,130);(H,6,7)/t44-,45-,46-,47-,55-,56-,57-,58-,59-,60-,61-,62-,63-,70-,71-,72-;/m0./s1. The number of aromatic amines is 2. The molecule has 49 heteroatoms. The number of nitrogens with zero attached hydrogens (tertiary/aromatic N) is 1. The number of hydrogen-bond donors (Lipinski definition) is 24. The number of H-pyrrole nitrogens is 2. The summed E-state index contributed by atoms with van der Waals surface area (Å²) in [6.45, 7) is 15.3. The average molecular weight is 1930 g/mol. The Morgan fingerprint density at radius 2 is 0.752 bits per heavy atom. The SMILES string of the molecule is CC[C@H](C)[C@H](NC(=O)[C@H](CC(=O)O)NC(=O)[C@H](CC(C)C)NC(=O)[C@H](Cc1cnc[nH]1)NC(=O)[C@H](C)NC(=O)[C@H](Cc1ccccc1)NC(=O)[C@H](Cc1ccc(O)cc1)NC(=O)[C@@H](NC(=O)[C@H](C)NC(=O)[C@H](CCC(=O)O)NC(=O)[C@H](CCC(=O)O)NC(=O)[C@H](CC(=O)O)NC(=O)CCC(=O)O)C(C)C)C(=O)N[C@H](C(=O)N[C@@H](Cc1c[nH]c2ccccc12)C(=O)O)[C@@H](C)CC.O=C(O)C(F)(F)F. The fourth-order valence-corrected chi connectivity index (χ4v) is 13.4. The molecule has 46 nitrogen and oxygen atoms in total. The number of aromatic nitrogens is 3. The molecule has 3 aromatic carbocycles. The van der Waals surface area contributed by atoms with Gasteiger partial charge in [0.1, 0.15) is 90.3 Å². The van der Waals surface area contributed by atoms with Crippen LogP contribution < -0.4 is 74.4 Å². The topological polar surface area (TPSA) is 733 Å². The molecule has 0 unspecified atom stereocenters. The summed E-state index contributed by atoms with van der Waals surface area (Å²) in [6.07, 6.45) is -8.32. The van der Waals surface area contributed by atoms with E-state index < -0.39 is 290 Å². The van der Waals surface area contributed by atoms with Crippen molar-refractivity contribution in [2.45, 2.75) is 256 Å². The second-order valence-electron chi connectivity index (χ2n) is 33.2. The fourth-order valence-electron chi connectivity index (χ4n) is 13.4. The second-order valence-corrected chi connectivity index (χ2v) is 33.2. The molecule has 750 valence electrons. The van der Waals surface area contributed by atoms with Gasteiger partial charge in [0, 0.05) is 73.9 Å². The molecule has 0 fully saturated rings. The number of amides is 14. The van der Waals surface area contributed by atoms with Crippen molar-refractivity contribution in [3.63, 3.8) is 0 Å². The summed E-state index contributed by atoms with van der Waals surface area (Å²) in [5.41, 5.74) is 2.38. The Kier molecular flexibility index (Phi) is 46.3. The van der Waals surface area contributed by atoms with E-state index in [4.69, 9.17) is 15.0 Å². The molecule has 2 aromatic heterocycles. The van der Waals surface area contributed by atoms with Crippen LogP contribution in [0.3, 0.4) is 0 Å². The first-order valence-corrected chi connectivity index (χ1v) is 43.4. The lowest BCUT2D eigenvalue weighted by molar-refractivity contribution is -0.192. The number of phenolic OH excluding ortho intramolecular Hbond substituents is 1. The fraction of sp³-hybridized carbons (Fsp3) is 0.500. The zero-order valence-corrected chi connectivity index (χ0v) is 76.5. The lowest BCUT2D eigenvalue weighted by atomic mass is 9.94. The van der Waals surface area contributed by atoms with Crippen molar-refractivity contribution in [3.05, 3.63) is 120 Å². The zero-order chi connectivity index (χ0) is 103. The van der Waals surface area contributed by atoms with E-state index in [9.17, 15) is 140 Å². The number of halogens is 3. The molecular weight excluding hydrogens is 1820 g/mol. The average Bonchev–Trinajstić information content (AvgIpc) is 1.71. The molecule has 0 aliphatic rings. The minimum absolute atomic E-state index is 0.133. The minimum Gasteiger partial charge on any atom is -0.508 e. The molecule has 0 saturated heterocycles. The first kappa shape index (κ1) is 114. The maximum atomic E-state index is 15.0. The smallest absolute Gasteiger partial charge is 0.490 e. The molecule has 0 bridgehead atoms. The van der Waals surface area contributed by atoms with Crippen molar-refractivity contribution in [1.29, 1.82) is 0 Å². The summed E-state index contributed by atoms with van der Waals surface area (Å²) in [5.74, 6) is -29.7. The van der Waals surface area contributed by atoms with Crippen molar-refractivity contribution in [2.24, 2.45) is 23.7 Å². The van der Waals surface area contributed by atoms with E-state index in [-0.39, 0.29) is 50.0 Å². The van der Waals surface area contributed by atoms with Crippen LogP contribution in [0.5, 0.6) is 5.75 Å². The molecule has 24 N–H and O–H groups in total. The van der Waals surface area contributed by atoms with Crippen LogP contribution in [0, 0.1) is 23.7 Å². The highest BCUT2D eigenvalue weighted by Gasteiger charge is 2.42. The zero-order valence-electron chi connectivity index (χ0n) is 76.5. The van der Waals surface area contributed by atoms with E-state index >= 15 is 0 Å². The predicted molar refractivity (Wildman–Crippen MR) is 474 cm³/mol. The number of benzene rings is 3. The highest BCUT2D eigenvalue weighted by atomic mass is 19.4. The highest BCUT2D eigenvalue weighted by molar-refractivity contribution is 6.02. The molecule has 16 atom stereocenters. The first-order chi connectivity index (χ1) is 64.2. The lowest BCUT2D eigenvalue weighted by Crippen LogP contribution is -2.62. The van der Waals surface area contributed by atoms with Crippen LogP contribution in [0.25, 0.3) is 10.9 Å². The maximum Gasteiger partial charge on any atom is 0.490 e. The third kappa shape index (κ3) is 39.9. The Morgan fingerprint density at radius 3 is 1.23 bits per heavy atom. The number of imidazole rings is 1. The van der Waals surface area contributed by atoms with Crippen LogP contribution >= 0.6 is 0 Å². The minimum atomic E-state index is -5.08. The number of rotatable bonds is 56. The van der Waals surface area contributed by atoms with Crippen molar-refractivity contribution < 1.29 is 155 Å². The summed E-state index contributed by atoms with van der Waals surface area (Å²) < 4.78 is 31.7.